The number of halogens is 1. The Balaban J connectivity index is 2.74. The lowest BCUT2D eigenvalue weighted by molar-refractivity contribution is 0.378. The normalized spacial score (nSPS) is 17.6. The number of ether oxygens (including phenoxy) is 1. The van der Waals surface area contributed by atoms with Crippen LogP contribution < -0.4 is 0 Å². The maximum absolute atomic E-state index is 13.4. The van der Waals surface area contributed by atoms with E-state index in [9.17, 15) is 4.39 Å². The second-order valence-corrected chi connectivity index (χ2v) is 3.37. The lowest BCUT2D eigenvalue weighted by Gasteiger charge is -2.06. The maximum atomic E-state index is 13.4. The van der Waals surface area contributed by atoms with Crippen molar-refractivity contribution in [2.75, 3.05) is 6.54 Å². The summed E-state index contributed by atoms with van der Waals surface area (Å²) in [5, 5.41) is 0. The lowest BCUT2D eigenvalue weighted by Crippen LogP contribution is -2.00. The molecule has 15 heavy (non-hydrogen) atoms. The van der Waals surface area contributed by atoms with E-state index in [2.05, 4.69) is 4.99 Å². The molecule has 0 spiro atoms. The van der Waals surface area contributed by atoms with Crippen molar-refractivity contribution < 1.29 is 9.13 Å². The number of hydrogen-bond acceptors (Lipinski definition) is 2. The quantitative estimate of drug-likeness (QED) is 0.514. The fourth-order valence-corrected chi connectivity index (χ4v) is 1.22. The van der Waals surface area contributed by atoms with Gasteiger partial charge in [-0.2, -0.15) is 0 Å². The molecule has 2 nitrogen and oxygen atoms in total. The maximum Gasteiger partial charge on any atom is 0.214 e. The highest BCUT2D eigenvalue weighted by molar-refractivity contribution is 5.91. The van der Waals surface area contributed by atoms with Crippen LogP contribution >= 0.6 is 0 Å². The highest BCUT2D eigenvalue weighted by Gasteiger charge is 2.10. The molecule has 0 radical (unpaired) electrons. The van der Waals surface area contributed by atoms with Crippen molar-refractivity contribution in [3.05, 3.63) is 35.4 Å². The van der Waals surface area contributed by atoms with Gasteiger partial charge in [0.15, 0.2) is 5.83 Å². The molecule has 82 valence electrons. The third-order valence-corrected chi connectivity index (χ3v) is 1.98. The van der Waals surface area contributed by atoms with E-state index in [0.717, 1.165) is 5.57 Å². The van der Waals surface area contributed by atoms with Gasteiger partial charge in [0, 0.05) is 12.5 Å². The predicted octanol–water partition coefficient (Wildman–Crippen LogP) is 3.53. The van der Waals surface area contributed by atoms with Gasteiger partial charge in [0.2, 0.25) is 5.90 Å². The molecule has 0 aromatic rings. The summed E-state index contributed by atoms with van der Waals surface area (Å²) < 4.78 is 18.8. The van der Waals surface area contributed by atoms with E-state index in [4.69, 9.17) is 4.74 Å². The molecule has 0 aliphatic carbocycles. The molecule has 0 fully saturated rings. The van der Waals surface area contributed by atoms with Crippen molar-refractivity contribution in [3.63, 3.8) is 0 Å². The fourth-order valence-electron chi connectivity index (χ4n) is 1.22. The number of aliphatic imine (C=N–C) groups is 1. The molecular formula is C12H16FNO. The van der Waals surface area contributed by atoms with Crippen molar-refractivity contribution >= 4 is 5.90 Å². The summed E-state index contributed by atoms with van der Waals surface area (Å²) in [7, 11) is 0. The summed E-state index contributed by atoms with van der Waals surface area (Å²) in [4.78, 5) is 4.12. The van der Waals surface area contributed by atoms with E-state index >= 15 is 0 Å². The third kappa shape index (κ3) is 3.35. The average Bonchev–Trinajstić information content (AvgIpc) is 2.61. The summed E-state index contributed by atoms with van der Waals surface area (Å²) in [6.07, 6.45) is 5.39. The predicted molar refractivity (Wildman–Crippen MR) is 60.4 cm³/mol. The van der Waals surface area contributed by atoms with Crippen LogP contribution in [0.2, 0.25) is 0 Å². The fraction of sp³-hybridized carbons (Fsp3) is 0.417. The van der Waals surface area contributed by atoms with Crippen LogP contribution in [-0.4, -0.2) is 12.4 Å². The van der Waals surface area contributed by atoms with Crippen LogP contribution in [-0.2, 0) is 4.74 Å². The topological polar surface area (TPSA) is 21.6 Å². The SMILES string of the molecule is C/C=C\C(F)=C(/CC)OC1=NCC(C)=C1. The van der Waals surface area contributed by atoms with Crippen molar-refractivity contribution in [1.82, 2.24) is 0 Å². The van der Waals surface area contributed by atoms with Gasteiger partial charge < -0.3 is 4.74 Å². The summed E-state index contributed by atoms with van der Waals surface area (Å²) in [6.45, 7) is 6.24. The van der Waals surface area contributed by atoms with Crippen LogP contribution in [0, 0.1) is 0 Å². The van der Waals surface area contributed by atoms with Gasteiger partial charge in [-0.15, -0.1) is 0 Å². The first-order valence-corrected chi connectivity index (χ1v) is 5.08. The van der Waals surface area contributed by atoms with Gasteiger partial charge in [0.05, 0.1) is 6.54 Å². The second-order valence-electron chi connectivity index (χ2n) is 3.37. The molecule has 1 rings (SSSR count). The van der Waals surface area contributed by atoms with E-state index in [1.807, 2.05) is 19.9 Å². The van der Waals surface area contributed by atoms with E-state index in [1.165, 1.54) is 6.08 Å². The molecule has 0 saturated heterocycles. The number of rotatable bonds is 3. The molecule has 1 aliphatic heterocycles. The highest BCUT2D eigenvalue weighted by Crippen LogP contribution is 2.16. The van der Waals surface area contributed by atoms with Gasteiger partial charge in [-0.05, 0) is 25.5 Å². The minimum absolute atomic E-state index is 0.331. The van der Waals surface area contributed by atoms with E-state index < -0.39 is 0 Å². The van der Waals surface area contributed by atoms with Gasteiger partial charge >= 0.3 is 0 Å². The standard InChI is InChI=1S/C12H16FNO/c1-4-6-10(13)11(5-2)15-12-7-9(3)8-14-12/h4,6-7H,5,8H2,1-3H3/b6-4-,11-10-. The summed E-state index contributed by atoms with van der Waals surface area (Å²) in [5.74, 6) is 0.502. The van der Waals surface area contributed by atoms with Gasteiger partial charge in [-0.3, -0.25) is 0 Å². The largest absolute Gasteiger partial charge is 0.441 e. The Bertz CT molecular complexity index is 351. The minimum atomic E-state index is -0.333. The molecular weight excluding hydrogens is 193 g/mol. The Morgan fingerprint density at radius 3 is 2.87 bits per heavy atom. The van der Waals surface area contributed by atoms with Crippen LogP contribution in [0.3, 0.4) is 0 Å². The highest BCUT2D eigenvalue weighted by atomic mass is 19.1. The molecule has 0 N–H and O–H groups in total. The first-order chi connectivity index (χ1) is 7.17. The zero-order valence-electron chi connectivity index (χ0n) is 9.38. The zero-order valence-corrected chi connectivity index (χ0v) is 9.38. The molecule has 0 bridgehead atoms. The smallest absolute Gasteiger partial charge is 0.214 e. The van der Waals surface area contributed by atoms with E-state index in [-0.39, 0.29) is 5.83 Å². The summed E-state index contributed by atoms with van der Waals surface area (Å²) in [5.41, 5.74) is 1.13. The first kappa shape index (κ1) is 11.7. The van der Waals surface area contributed by atoms with Crippen molar-refractivity contribution in [1.29, 1.82) is 0 Å². The van der Waals surface area contributed by atoms with Crippen molar-refractivity contribution in [2.24, 2.45) is 4.99 Å². The number of hydrogen-bond donors (Lipinski definition) is 0. The summed E-state index contributed by atoms with van der Waals surface area (Å²) in [6, 6.07) is 0. The molecule has 0 unspecified atom stereocenters. The minimum Gasteiger partial charge on any atom is -0.441 e. The van der Waals surface area contributed by atoms with Gasteiger partial charge in [-0.1, -0.05) is 13.0 Å². The Hall–Kier alpha value is -1.38. The van der Waals surface area contributed by atoms with E-state index in [1.54, 1.807) is 13.0 Å². The van der Waals surface area contributed by atoms with Crippen LogP contribution in [0.15, 0.2) is 40.4 Å². The molecule has 0 amide bonds. The molecule has 1 heterocycles. The van der Waals surface area contributed by atoms with Gasteiger partial charge in [-0.25, -0.2) is 9.38 Å². The molecule has 0 aromatic heterocycles. The van der Waals surface area contributed by atoms with Crippen molar-refractivity contribution in [3.8, 4) is 0 Å². The Morgan fingerprint density at radius 1 is 1.67 bits per heavy atom. The van der Waals surface area contributed by atoms with Crippen LogP contribution in [0.4, 0.5) is 4.39 Å². The molecule has 3 heteroatoms. The first-order valence-electron chi connectivity index (χ1n) is 5.08. The van der Waals surface area contributed by atoms with Crippen LogP contribution in [0.5, 0.6) is 0 Å². The molecule has 0 saturated carbocycles. The second kappa shape index (κ2) is 5.49. The number of nitrogens with zero attached hydrogens (tertiary/aromatic N) is 1. The average molecular weight is 209 g/mol. The van der Waals surface area contributed by atoms with Crippen LogP contribution in [0.1, 0.15) is 27.2 Å². The Kier molecular flexibility index (Phi) is 4.28. The molecule has 0 aromatic carbocycles. The Morgan fingerprint density at radius 2 is 2.40 bits per heavy atom. The number of allylic oxidation sites excluding steroid dienone is 4. The van der Waals surface area contributed by atoms with Crippen molar-refractivity contribution in [2.45, 2.75) is 27.2 Å². The third-order valence-electron chi connectivity index (χ3n) is 1.98. The monoisotopic (exact) mass is 209 g/mol. The Labute approximate surface area is 89.9 Å². The lowest BCUT2D eigenvalue weighted by atomic mass is 10.3. The van der Waals surface area contributed by atoms with Gasteiger partial charge in [0.1, 0.15) is 5.76 Å². The van der Waals surface area contributed by atoms with Gasteiger partial charge in [0.25, 0.3) is 0 Å². The molecule has 0 atom stereocenters. The van der Waals surface area contributed by atoms with E-state index in [0.29, 0.717) is 24.6 Å². The van der Waals surface area contributed by atoms with Crippen LogP contribution in [0.25, 0.3) is 0 Å². The summed E-state index contributed by atoms with van der Waals surface area (Å²) >= 11 is 0. The zero-order chi connectivity index (χ0) is 11.3. The molecule has 1 aliphatic rings.